The normalized spacial score (nSPS) is 9.88. The number of nitrogens with two attached hydrogens (primary N) is 1. The van der Waals surface area contributed by atoms with Crippen LogP contribution in [0.3, 0.4) is 0 Å². The Bertz CT molecular complexity index is 369. The summed E-state index contributed by atoms with van der Waals surface area (Å²) in [4.78, 5) is 11.1. The number of rotatable bonds is 5. The van der Waals surface area contributed by atoms with Gasteiger partial charge in [-0.05, 0) is 19.1 Å². The van der Waals surface area contributed by atoms with Gasteiger partial charge in [-0.3, -0.25) is 4.79 Å². The number of benzene rings is 1. The molecule has 0 saturated carbocycles. The Kier molecular flexibility index (Phi) is 4.57. The molecule has 0 atom stereocenters. The van der Waals surface area contributed by atoms with E-state index in [1.165, 1.54) is 12.1 Å². The van der Waals surface area contributed by atoms with Crippen molar-refractivity contribution >= 4 is 11.6 Å². The van der Waals surface area contributed by atoms with Gasteiger partial charge in [0.1, 0.15) is 11.6 Å². The van der Waals surface area contributed by atoms with Gasteiger partial charge >= 0.3 is 0 Å². The molecular formula is C11H15FN2O2. The van der Waals surface area contributed by atoms with Gasteiger partial charge in [0.25, 0.3) is 0 Å². The third-order valence-electron chi connectivity index (χ3n) is 1.94. The topological polar surface area (TPSA) is 64.3 Å². The molecule has 0 unspecified atom stereocenters. The molecule has 0 aromatic heterocycles. The van der Waals surface area contributed by atoms with E-state index in [0.29, 0.717) is 12.3 Å². The van der Waals surface area contributed by atoms with Crippen LogP contribution in [0.1, 0.15) is 13.3 Å². The number of hydrogen-bond acceptors (Lipinski definition) is 3. The van der Waals surface area contributed by atoms with Crippen LogP contribution in [-0.4, -0.2) is 19.1 Å². The molecule has 3 N–H and O–H groups in total. The van der Waals surface area contributed by atoms with Crippen molar-refractivity contribution < 1.29 is 13.9 Å². The van der Waals surface area contributed by atoms with E-state index < -0.39 is 5.82 Å². The summed E-state index contributed by atoms with van der Waals surface area (Å²) in [7, 11) is 0. The summed E-state index contributed by atoms with van der Waals surface area (Å²) in [5.74, 6) is -0.232. The maximum atomic E-state index is 13.0. The third kappa shape index (κ3) is 3.76. The van der Waals surface area contributed by atoms with Crippen molar-refractivity contribution in [2.75, 3.05) is 18.9 Å². The molecule has 0 radical (unpaired) electrons. The minimum absolute atomic E-state index is 0.0797. The maximum absolute atomic E-state index is 13.0. The highest BCUT2D eigenvalue weighted by Gasteiger charge is 2.02. The Balaban J connectivity index is 2.37. The van der Waals surface area contributed by atoms with Gasteiger partial charge in [0.2, 0.25) is 5.91 Å². The summed E-state index contributed by atoms with van der Waals surface area (Å²) < 4.78 is 18.2. The number of nitrogen functional groups attached to an aromatic ring is 1. The summed E-state index contributed by atoms with van der Waals surface area (Å²) in [6, 6.07) is 4.19. The second kappa shape index (κ2) is 5.95. The average molecular weight is 226 g/mol. The molecular weight excluding hydrogens is 211 g/mol. The molecule has 0 saturated heterocycles. The molecule has 0 spiro atoms. The van der Waals surface area contributed by atoms with Gasteiger partial charge in [-0.2, -0.15) is 0 Å². The van der Waals surface area contributed by atoms with Crippen LogP contribution in [-0.2, 0) is 4.79 Å². The minimum Gasteiger partial charge on any atom is -0.493 e. The number of carbonyl (C=O) groups is 1. The molecule has 5 heteroatoms. The number of hydrogen-bond donors (Lipinski definition) is 2. The van der Waals surface area contributed by atoms with Gasteiger partial charge in [-0.25, -0.2) is 4.39 Å². The second-order valence-corrected chi connectivity index (χ2v) is 3.24. The molecule has 16 heavy (non-hydrogen) atoms. The Morgan fingerprint density at radius 3 is 2.94 bits per heavy atom. The van der Waals surface area contributed by atoms with Gasteiger partial charge in [0, 0.05) is 12.6 Å². The molecule has 1 aromatic carbocycles. The molecule has 4 nitrogen and oxygen atoms in total. The van der Waals surface area contributed by atoms with Gasteiger partial charge < -0.3 is 15.8 Å². The monoisotopic (exact) mass is 226 g/mol. The number of amides is 1. The summed E-state index contributed by atoms with van der Waals surface area (Å²) >= 11 is 0. The Morgan fingerprint density at radius 2 is 2.31 bits per heavy atom. The van der Waals surface area contributed by atoms with Crippen LogP contribution in [0.15, 0.2) is 18.2 Å². The van der Waals surface area contributed by atoms with Crippen LogP contribution >= 0.6 is 0 Å². The van der Waals surface area contributed by atoms with Crippen LogP contribution in [0, 0.1) is 5.82 Å². The lowest BCUT2D eigenvalue weighted by molar-refractivity contribution is -0.121. The van der Waals surface area contributed by atoms with E-state index >= 15 is 0 Å². The first-order valence-electron chi connectivity index (χ1n) is 5.08. The SMILES string of the molecule is CCNC(=O)CCOc1ccc(N)c(F)c1. The molecule has 1 rings (SSSR count). The predicted octanol–water partition coefficient (Wildman–Crippen LogP) is 1.31. The number of anilines is 1. The first-order chi connectivity index (χ1) is 7.63. The van der Waals surface area contributed by atoms with E-state index in [-0.39, 0.29) is 24.6 Å². The first-order valence-corrected chi connectivity index (χ1v) is 5.08. The molecule has 1 amide bonds. The number of carbonyl (C=O) groups excluding carboxylic acids is 1. The van der Waals surface area contributed by atoms with Crippen molar-refractivity contribution in [2.24, 2.45) is 0 Å². The fraction of sp³-hybridized carbons (Fsp3) is 0.364. The standard InChI is InChI=1S/C11H15FN2O2/c1-2-14-11(15)5-6-16-8-3-4-10(13)9(12)7-8/h3-4,7H,2,5-6,13H2,1H3,(H,14,15). The molecule has 0 bridgehead atoms. The van der Waals surface area contributed by atoms with E-state index in [2.05, 4.69) is 5.32 Å². The predicted molar refractivity (Wildman–Crippen MR) is 59.6 cm³/mol. The van der Waals surface area contributed by atoms with Gasteiger partial charge in [0.05, 0.1) is 18.7 Å². The van der Waals surface area contributed by atoms with E-state index in [4.69, 9.17) is 10.5 Å². The molecule has 0 heterocycles. The quantitative estimate of drug-likeness (QED) is 0.744. The molecule has 0 aliphatic carbocycles. The Morgan fingerprint density at radius 1 is 1.56 bits per heavy atom. The van der Waals surface area contributed by atoms with Crippen molar-refractivity contribution in [1.29, 1.82) is 0 Å². The van der Waals surface area contributed by atoms with Gasteiger partial charge in [-0.1, -0.05) is 0 Å². The largest absolute Gasteiger partial charge is 0.493 e. The fourth-order valence-electron chi connectivity index (χ4n) is 1.14. The van der Waals surface area contributed by atoms with Crippen LogP contribution in [0.25, 0.3) is 0 Å². The van der Waals surface area contributed by atoms with Crippen molar-refractivity contribution in [2.45, 2.75) is 13.3 Å². The lowest BCUT2D eigenvalue weighted by Gasteiger charge is -2.06. The highest BCUT2D eigenvalue weighted by molar-refractivity contribution is 5.75. The van der Waals surface area contributed by atoms with E-state index in [0.717, 1.165) is 0 Å². The van der Waals surface area contributed by atoms with E-state index in [1.807, 2.05) is 6.92 Å². The van der Waals surface area contributed by atoms with Gasteiger partial charge in [0.15, 0.2) is 0 Å². The van der Waals surface area contributed by atoms with Crippen molar-refractivity contribution in [1.82, 2.24) is 5.32 Å². The highest BCUT2D eigenvalue weighted by Crippen LogP contribution is 2.17. The molecule has 0 fully saturated rings. The summed E-state index contributed by atoms with van der Waals surface area (Å²) in [6.45, 7) is 2.65. The van der Waals surface area contributed by atoms with Gasteiger partial charge in [-0.15, -0.1) is 0 Å². The molecule has 88 valence electrons. The highest BCUT2D eigenvalue weighted by atomic mass is 19.1. The van der Waals surface area contributed by atoms with Crippen LogP contribution in [0.4, 0.5) is 10.1 Å². The Labute approximate surface area is 93.6 Å². The summed E-state index contributed by atoms with van der Waals surface area (Å²) in [5, 5.41) is 2.64. The van der Waals surface area contributed by atoms with E-state index in [1.54, 1.807) is 6.07 Å². The van der Waals surface area contributed by atoms with Crippen molar-refractivity contribution in [3.63, 3.8) is 0 Å². The molecule has 0 aliphatic heterocycles. The minimum atomic E-state index is -0.518. The van der Waals surface area contributed by atoms with Crippen molar-refractivity contribution in [3.05, 3.63) is 24.0 Å². The zero-order valence-electron chi connectivity index (χ0n) is 9.13. The number of nitrogens with one attached hydrogen (secondary N) is 1. The summed E-state index contributed by atoms with van der Waals surface area (Å²) in [6.07, 6.45) is 0.250. The number of ether oxygens (including phenoxy) is 1. The zero-order chi connectivity index (χ0) is 12.0. The van der Waals surface area contributed by atoms with E-state index in [9.17, 15) is 9.18 Å². The molecule has 1 aromatic rings. The fourth-order valence-corrected chi connectivity index (χ4v) is 1.14. The second-order valence-electron chi connectivity index (χ2n) is 3.24. The smallest absolute Gasteiger partial charge is 0.223 e. The summed E-state index contributed by atoms with van der Waals surface area (Å²) in [5.41, 5.74) is 5.39. The number of halogens is 1. The lowest BCUT2D eigenvalue weighted by atomic mass is 10.3. The third-order valence-corrected chi connectivity index (χ3v) is 1.94. The van der Waals surface area contributed by atoms with Crippen LogP contribution in [0.2, 0.25) is 0 Å². The zero-order valence-corrected chi connectivity index (χ0v) is 9.13. The maximum Gasteiger partial charge on any atom is 0.223 e. The van der Waals surface area contributed by atoms with Crippen LogP contribution < -0.4 is 15.8 Å². The van der Waals surface area contributed by atoms with Crippen molar-refractivity contribution in [3.8, 4) is 5.75 Å². The Hall–Kier alpha value is -1.78. The average Bonchev–Trinajstić information content (AvgIpc) is 2.24. The van der Waals surface area contributed by atoms with Crippen LogP contribution in [0.5, 0.6) is 5.75 Å². The molecule has 0 aliphatic rings. The lowest BCUT2D eigenvalue weighted by Crippen LogP contribution is -2.24. The first kappa shape index (κ1) is 12.3.